The van der Waals surface area contributed by atoms with E-state index in [4.69, 9.17) is 26.1 Å². The van der Waals surface area contributed by atoms with Gasteiger partial charge in [-0.1, -0.05) is 11.6 Å². The first kappa shape index (κ1) is 22.9. The number of aryl methyl sites for hydroxylation is 1. The summed E-state index contributed by atoms with van der Waals surface area (Å²) in [4.78, 5) is 21.5. The third-order valence-corrected chi connectivity index (χ3v) is 6.11. The first-order chi connectivity index (χ1) is 17.0. The summed E-state index contributed by atoms with van der Waals surface area (Å²) < 4.78 is 13.6. The second kappa shape index (κ2) is 9.81. The fraction of sp³-hybridized carbons (Fsp3) is 0.240. The number of hydrogen-bond donors (Lipinski definition) is 3. The van der Waals surface area contributed by atoms with E-state index in [1.807, 2.05) is 48.0 Å². The summed E-state index contributed by atoms with van der Waals surface area (Å²) in [5.74, 6) is 1.93. The predicted molar refractivity (Wildman–Crippen MR) is 135 cm³/mol. The molecule has 2 aromatic heterocycles. The van der Waals surface area contributed by atoms with Crippen LogP contribution >= 0.6 is 11.6 Å². The Kier molecular flexibility index (Phi) is 6.43. The van der Waals surface area contributed by atoms with Gasteiger partial charge in [-0.3, -0.25) is 9.78 Å². The summed E-state index contributed by atoms with van der Waals surface area (Å²) in [6.07, 6.45) is 2.45. The van der Waals surface area contributed by atoms with Crippen LogP contribution in [0.5, 0.6) is 17.2 Å². The lowest BCUT2D eigenvalue weighted by Crippen LogP contribution is -2.36. The molecule has 0 bridgehead atoms. The van der Waals surface area contributed by atoms with Gasteiger partial charge in [0.2, 0.25) is 5.95 Å². The predicted octanol–water partition coefficient (Wildman–Crippen LogP) is 4.26. The van der Waals surface area contributed by atoms with Crippen LogP contribution in [0, 0.1) is 0 Å². The van der Waals surface area contributed by atoms with Crippen molar-refractivity contribution in [3.8, 4) is 17.2 Å². The Hall–Kier alpha value is -3.82. The van der Waals surface area contributed by atoms with Crippen molar-refractivity contribution in [3.63, 3.8) is 0 Å². The molecule has 4 aromatic rings. The Morgan fingerprint density at radius 3 is 2.74 bits per heavy atom. The molecule has 1 atom stereocenters. The van der Waals surface area contributed by atoms with Crippen molar-refractivity contribution in [2.24, 2.45) is 7.05 Å². The van der Waals surface area contributed by atoms with E-state index in [1.54, 1.807) is 25.4 Å². The molecular formula is C25H25ClN6O3. The van der Waals surface area contributed by atoms with Crippen LogP contribution in [0.15, 0.2) is 54.7 Å². The van der Waals surface area contributed by atoms with Gasteiger partial charge in [0.25, 0.3) is 5.91 Å². The minimum absolute atomic E-state index is 0.108. The monoisotopic (exact) mass is 492 g/mol. The fourth-order valence-electron chi connectivity index (χ4n) is 3.98. The highest BCUT2D eigenvalue weighted by molar-refractivity contribution is 6.30. The smallest absolute Gasteiger partial charge is 0.270 e. The van der Waals surface area contributed by atoms with Crippen molar-refractivity contribution in [1.82, 2.24) is 25.2 Å². The number of nitrogens with zero attached hydrogens (tertiary/aromatic N) is 3. The lowest BCUT2D eigenvalue weighted by atomic mass is 10.2. The number of hydrogen-bond acceptors (Lipinski definition) is 7. The van der Waals surface area contributed by atoms with Crippen LogP contribution in [0.3, 0.4) is 0 Å². The van der Waals surface area contributed by atoms with Crippen molar-refractivity contribution < 1.29 is 14.3 Å². The van der Waals surface area contributed by atoms with Gasteiger partial charge in [0.1, 0.15) is 11.4 Å². The maximum absolute atomic E-state index is 12.6. The summed E-state index contributed by atoms with van der Waals surface area (Å²) in [5.41, 5.74) is 2.75. The topological polar surface area (TPSA) is 102 Å². The number of aromatic nitrogens is 3. The molecule has 0 unspecified atom stereocenters. The van der Waals surface area contributed by atoms with Gasteiger partial charge in [-0.25, -0.2) is 4.98 Å². The van der Waals surface area contributed by atoms with Gasteiger partial charge in [0.15, 0.2) is 11.5 Å². The minimum Gasteiger partial charge on any atom is -0.493 e. The van der Waals surface area contributed by atoms with E-state index < -0.39 is 0 Å². The van der Waals surface area contributed by atoms with Crippen LogP contribution in [-0.4, -0.2) is 46.7 Å². The molecule has 35 heavy (non-hydrogen) atoms. The number of rotatable bonds is 7. The summed E-state index contributed by atoms with van der Waals surface area (Å²) in [7, 11) is 3.50. The van der Waals surface area contributed by atoms with Crippen LogP contribution in [-0.2, 0) is 7.05 Å². The molecule has 2 aromatic carbocycles. The second-order valence-corrected chi connectivity index (χ2v) is 8.70. The van der Waals surface area contributed by atoms with Crippen LogP contribution in [0.2, 0.25) is 5.02 Å². The zero-order chi connectivity index (χ0) is 24.4. The maximum Gasteiger partial charge on any atom is 0.270 e. The number of amides is 1. The molecule has 10 heteroatoms. The zero-order valence-electron chi connectivity index (χ0n) is 19.3. The summed E-state index contributed by atoms with van der Waals surface area (Å²) in [5, 5.41) is 10.2. The molecule has 1 aliphatic heterocycles. The average Bonchev–Trinajstić information content (AvgIpc) is 3.48. The molecule has 1 aliphatic rings. The fourth-order valence-corrected chi connectivity index (χ4v) is 4.10. The molecule has 1 amide bonds. The quantitative estimate of drug-likeness (QED) is 0.354. The molecule has 5 rings (SSSR count). The highest BCUT2D eigenvalue weighted by Gasteiger charge is 2.19. The van der Waals surface area contributed by atoms with E-state index in [9.17, 15) is 4.79 Å². The van der Waals surface area contributed by atoms with Crippen LogP contribution in [0.1, 0.15) is 16.9 Å². The van der Waals surface area contributed by atoms with Gasteiger partial charge in [0, 0.05) is 54.7 Å². The van der Waals surface area contributed by atoms with Crippen molar-refractivity contribution in [1.29, 1.82) is 0 Å². The molecule has 1 fully saturated rings. The van der Waals surface area contributed by atoms with Gasteiger partial charge >= 0.3 is 0 Å². The summed E-state index contributed by atoms with van der Waals surface area (Å²) in [6.45, 7) is 1.66. The molecule has 0 spiro atoms. The number of ether oxygens (including phenoxy) is 2. The Labute approximate surface area is 207 Å². The SMILES string of the molecule is COc1cc2c(cc1Oc1ccnc(C(=O)N[C@@H]3CCNC3)c1)nc(Nc1ccc(Cl)cc1)n2C. The number of fused-ring (bicyclic) bond motifs is 1. The standard InChI is InChI=1S/C25H25ClN6O3/c1-32-21-13-22(34-2)23(12-19(21)31-25(32)30-16-5-3-15(26)4-6-16)35-18-8-10-28-20(11-18)24(33)29-17-7-9-27-14-17/h3-6,8,10-13,17,27H,7,9,14H2,1-2H3,(H,29,33)(H,30,31)/t17-/m1/s1. The zero-order valence-corrected chi connectivity index (χ0v) is 20.1. The minimum atomic E-state index is -0.228. The molecule has 1 saturated heterocycles. The van der Waals surface area contributed by atoms with Crippen LogP contribution < -0.4 is 25.4 Å². The number of anilines is 2. The third-order valence-electron chi connectivity index (χ3n) is 5.85. The van der Waals surface area contributed by atoms with Gasteiger partial charge in [-0.15, -0.1) is 0 Å². The van der Waals surface area contributed by atoms with Crippen LogP contribution in [0.25, 0.3) is 11.0 Å². The van der Waals surface area contributed by atoms with E-state index in [2.05, 4.69) is 20.9 Å². The maximum atomic E-state index is 12.6. The Balaban J connectivity index is 1.40. The van der Waals surface area contributed by atoms with Gasteiger partial charge in [-0.2, -0.15) is 0 Å². The number of imidazole rings is 1. The number of nitrogens with one attached hydrogen (secondary N) is 3. The lowest BCUT2D eigenvalue weighted by molar-refractivity contribution is 0.0934. The summed E-state index contributed by atoms with van der Waals surface area (Å²) in [6, 6.07) is 14.5. The molecular weight excluding hydrogens is 468 g/mol. The molecule has 0 radical (unpaired) electrons. The number of benzene rings is 2. The Morgan fingerprint density at radius 2 is 2.00 bits per heavy atom. The Morgan fingerprint density at radius 1 is 1.17 bits per heavy atom. The first-order valence-electron chi connectivity index (χ1n) is 11.2. The van der Waals surface area contributed by atoms with Gasteiger partial charge in [-0.05, 0) is 43.3 Å². The van der Waals surface area contributed by atoms with Gasteiger partial charge in [0.05, 0.1) is 18.1 Å². The molecule has 0 saturated carbocycles. The number of carbonyl (C=O) groups excluding carboxylic acids is 1. The van der Waals surface area contributed by atoms with Crippen molar-refractivity contribution in [2.75, 3.05) is 25.5 Å². The lowest BCUT2D eigenvalue weighted by Gasteiger charge is -2.13. The Bertz CT molecular complexity index is 1370. The summed E-state index contributed by atoms with van der Waals surface area (Å²) >= 11 is 5.99. The largest absolute Gasteiger partial charge is 0.493 e. The number of halogens is 1. The van der Waals surface area contributed by atoms with E-state index in [-0.39, 0.29) is 11.9 Å². The van der Waals surface area contributed by atoms with Crippen LogP contribution in [0.4, 0.5) is 11.6 Å². The first-order valence-corrected chi connectivity index (χ1v) is 11.6. The molecule has 9 nitrogen and oxygen atoms in total. The average molecular weight is 493 g/mol. The number of methoxy groups -OCH3 is 1. The van der Waals surface area contributed by atoms with E-state index >= 15 is 0 Å². The molecule has 0 aliphatic carbocycles. The normalized spacial score (nSPS) is 15.2. The van der Waals surface area contributed by atoms with Crippen molar-refractivity contribution in [2.45, 2.75) is 12.5 Å². The number of pyridine rings is 1. The van der Waals surface area contributed by atoms with Gasteiger partial charge < -0.3 is 30.0 Å². The van der Waals surface area contributed by atoms with Crippen molar-refractivity contribution >= 4 is 40.2 Å². The van der Waals surface area contributed by atoms with E-state index in [1.165, 1.54) is 0 Å². The highest BCUT2D eigenvalue weighted by atomic mass is 35.5. The highest BCUT2D eigenvalue weighted by Crippen LogP contribution is 2.36. The number of carbonyl (C=O) groups is 1. The molecule has 180 valence electrons. The second-order valence-electron chi connectivity index (χ2n) is 8.26. The third kappa shape index (κ3) is 5.01. The van der Waals surface area contributed by atoms with E-state index in [0.717, 1.165) is 36.2 Å². The molecule has 3 heterocycles. The van der Waals surface area contributed by atoms with E-state index in [0.29, 0.717) is 33.9 Å². The molecule has 3 N–H and O–H groups in total. The van der Waals surface area contributed by atoms with Crippen molar-refractivity contribution in [3.05, 3.63) is 65.4 Å².